The van der Waals surface area contributed by atoms with Crippen LogP contribution in [0.3, 0.4) is 0 Å². The summed E-state index contributed by atoms with van der Waals surface area (Å²) in [5, 5.41) is 3.44. The summed E-state index contributed by atoms with van der Waals surface area (Å²) in [4.78, 5) is 0. The average Bonchev–Trinajstić information content (AvgIpc) is 2.52. The largest absolute Gasteiger partial charge is 0.491 e. The molecule has 124 valence electrons. The summed E-state index contributed by atoms with van der Waals surface area (Å²) in [5.41, 5.74) is 10.5. The smallest absolute Gasteiger partial charge is 0.142 e. The third kappa shape index (κ3) is 5.85. The molecule has 23 heavy (non-hydrogen) atoms. The molecule has 0 radical (unpaired) electrons. The predicted molar refractivity (Wildman–Crippen MR) is 99.2 cm³/mol. The lowest BCUT2D eigenvalue weighted by atomic mass is 10.1. The zero-order valence-electron chi connectivity index (χ0n) is 14.4. The molecule has 3 nitrogen and oxygen atoms in total. The van der Waals surface area contributed by atoms with E-state index in [-0.39, 0.29) is 0 Å². The highest BCUT2D eigenvalue weighted by atomic mass is 16.5. The van der Waals surface area contributed by atoms with Gasteiger partial charge in [0.15, 0.2) is 0 Å². The van der Waals surface area contributed by atoms with Crippen molar-refractivity contribution in [1.29, 1.82) is 0 Å². The Morgan fingerprint density at radius 2 is 1.83 bits per heavy atom. The first-order valence-electron chi connectivity index (χ1n) is 8.36. The van der Waals surface area contributed by atoms with E-state index in [1.165, 1.54) is 16.8 Å². The van der Waals surface area contributed by atoms with Crippen LogP contribution in [-0.2, 0) is 6.42 Å². The molecule has 0 atom stereocenters. The van der Waals surface area contributed by atoms with E-state index in [9.17, 15) is 0 Å². The summed E-state index contributed by atoms with van der Waals surface area (Å²) in [6.07, 6.45) is 2.08. The molecule has 0 aliphatic carbocycles. The molecule has 0 aliphatic heterocycles. The van der Waals surface area contributed by atoms with Crippen molar-refractivity contribution in [2.75, 3.05) is 24.2 Å². The van der Waals surface area contributed by atoms with Gasteiger partial charge in [-0.2, -0.15) is 0 Å². The van der Waals surface area contributed by atoms with Crippen molar-refractivity contribution in [3.05, 3.63) is 53.6 Å². The molecule has 3 N–H and O–H groups in total. The number of ether oxygens (including phenoxy) is 1. The summed E-state index contributed by atoms with van der Waals surface area (Å²) < 4.78 is 5.71. The highest BCUT2D eigenvalue weighted by Crippen LogP contribution is 2.23. The van der Waals surface area contributed by atoms with Crippen LogP contribution in [0.1, 0.15) is 31.4 Å². The Morgan fingerprint density at radius 3 is 2.48 bits per heavy atom. The van der Waals surface area contributed by atoms with Gasteiger partial charge in [-0.3, -0.25) is 0 Å². The molecular formula is C20H28N2O. The number of hydrogen-bond acceptors (Lipinski definition) is 3. The Morgan fingerprint density at radius 1 is 1.09 bits per heavy atom. The van der Waals surface area contributed by atoms with E-state index in [1.54, 1.807) is 0 Å². The molecule has 0 aromatic heterocycles. The number of hydrogen-bond donors (Lipinski definition) is 2. The summed E-state index contributed by atoms with van der Waals surface area (Å²) in [6, 6.07) is 14.6. The summed E-state index contributed by atoms with van der Waals surface area (Å²) in [5.74, 6) is 1.29. The summed E-state index contributed by atoms with van der Waals surface area (Å²) in [7, 11) is 0. The van der Waals surface area contributed by atoms with Crippen LogP contribution in [-0.4, -0.2) is 13.2 Å². The highest BCUT2D eigenvalue weighted by Gasteiger charge is 2.03. The van der Waals surface area contributed by atoms with Gasteiger partial charge in [-0.15, -0.1) is 0 Å². The van der Waals surface area contributed by atoms with E-state index in [0.717, 1.165) is 30.8 Å². The van der Waals surface area contributed by atoms with E-state index < -0.39 is 0 Å². The van der Waals surface area contributed by atoms with Gasteiger partial charge in [0.25, 0.3) is 0 Å². The summed E-state index contributed by atoms with van der Waals surface area (Å²) >= 11 is 0. The Kier molecular flexibility index (Phi) is 6.33. The van der Waals surface area contributed by atoms with Gasteiger partial charge >= 0.3 is 0 Å². The van der Waals surface area contributed by atoms with Crippen molar-refractivity contribution >= 4 is 11.4 Å². The SMILES string of the molecule is Cc1ccc(NCCCc2ccc(OCC(C)C)c(N)c2)cc1. The monoisotopic (exact) mass is 312 g/mol. The number of aryl methyl sites for hydroxylation is 2. The van der Waals surface area contributed by atoms with E-state index in [2.05, 4.69) is 56.4 Å². The second kappa shape index (κ2) is 8.47. The standard InChI is InChI=1S/C20H28N2O/c1-15(2)14-23-20-11-8-17(13-19(20)21)5-4-12-22-18-9-6-16(3)7-10-18/h6-11,13,15,22H,4-5,12,14,21H2,1-3H3. The quantitative estimate of drug-likeness (QED) is 0.550. The van der Waals surface area contributed by atoms with Crippen LogP contribution in [0.15, 0.2) is 42.5 Å². The molecule has 0 bridgehead atoms. The fourth-order valence-electron chi connectivity index (χ4n) is 2.34. The summed E-state index contributed by atoms with van der Waals surface area (Å²) in [6.45, 7) is 8.01. The van der Waals surface area contributed by atoms with E-state index >= 15 is 0 Å². The number of anilines is 2. The van der Waals surface area contributed by atoms with Crippen LogP contribution in [0, 0.1) is 12.8 Å². The average molecular weight is 312 g/mol. The molecule has 0 aliphatic rings. The Bertz CT molecular complexity index is 606. The molecular weight excluding hydrogens is 284 g/mol. The zero-order valence-corrected chi connectivity index (χ0v) is 14.4. The predicted octanol–water partition coefficient (Wildman–Crippen LogP) is 4.66. The molecule has 2 aromatic rings. The lowest BCUT2D eigenvalue weighted by molar-refractivity contribution is 0.272. The van der Waals surface area contributed by atoms with Crippen molar-refractivity contribution in [3.8, 4) is 5.75 Å². The van der Waals surface area contributed by atoms with Crippen LogP contribution >= 0.6 is 0 Å². The first-order valence-corrected chi connectivity index (χ1v) is 8.36. The maximum absolute atomic E-state index is 6.08. The van der Waals surface area contributed by atoms with Crippen LogP contribution < -0.4 is 15.8 Å². The fraction of sp³-hybridized carbons (Fsp3) is 0.400. The third-order valence-electron chi connectivity index (χ3n) is 3.67. The number of nitrogen functional groups attached to an aromatic ring is 1. The Hall–Kier alpha value is -2.16. The van der Waals surface area contributed by atoms with Crippen molar-refractivity contribution in [1.82, 2.24) is 0 Å². The maximum atomic E-state index is 6.08. The van der Waals surface area contributed by atoms with Gasteiger partial charge in [0.2, 0.25) is 0 Å². The van der Waals surface area contributed by atoms with Crippen LogP contribution in [0.4, 0.5) is 11.4 Å². The van der Waals surface area contributed by atoms with Crippen molar-refractivity contribution in [3.63, 3.8) is 0 Å². The molecule has 0 saturated heterocycles. The van der Waals surface area contributed by atoms with Crippen LogP contribution in [0.25, 0.3) is 0 Å². The molecule has 0 amide bonds. The third-order valence-corrected chi connectivity index (χ3v) is 3.67. The van der Waals surface area contributed by atoms with Gasteiger partial charge in [-0.25, -0.2) is 0 Å². The second-order valence-electron chi connectivity index (χ2n) is 6.47. The molecule has 0 spiro atoms. The number of nitrogens with two attached hydrogens (primary N) is 1. The fourth-order valence-corrected chi connectivity index (χ4v) is 2.34. The second-order valence-corrected chi connectivity index (χ2v) is 6.47. The van der Waals surface area contributed by atoms with Crippen molar-refractivity contribution in [2.24, 2.45) is 5.92 Å². The van der Waals surface area contributed by atoms with Crippen molar-refractivity contribution in [2.45, 2.75) is 33.6 Å². The lowest BCUT2D eigenvalue weighted by Crippen LogP contribution is -2.07. The number of benzene rings is 2. The van der Waals surface area contributed by atoms with Gasteiger partial charge in [0.1, 0.15) is 5.75 Å². The highest BCUT2D eigenvalue weighted by molar-refractivity contribution is 5.54. The van der Waals surface area contributed by atoms with Crippen LogP contribution in [0.5, 0.6) is 5.75 Å². The Balaban J connectivity index is 1.77. The molecule has 2 rings (SSSR count). The normalized spacial score (nSPS) is 10.8. The van der Waals surface area contributed by atoms with E-state index in [0.29, 0.717) is 12.5 Å². The molecule has 0 unspecified atom stereocenters. The minimum Gasteiger partial charge on any atom is -0.491 e. The maximum Gasteiger partial charge on any atom is 0.142 e. The molecule has 0 saturated carbocycles. The zero-order chi connectivity index (χ0) is 16.7. The van der Waals surface area contributed by atoms with E-state index in [1.807, 2.05) is 12.1 Å². The minimum absolute atomic E-state index is 0.502. The first-order chi connectivity index (χ1) is 11.0. The van der Waals surface area contributed by atoms with Gasteiger partial charge in [0.05, 0.1) is 12.3 Å². The van der Waals surface area contributed by atoms with Crippen molar-refractivity contribution < 1.29 is 4.74 Å². The van der Waals surface area contributed by atoms with Gasteiger partial charge in [-0.05, 0) is 55.5 Å². The minimum atomic E-state index is 0.502. The first kappa shape index (κ1) is 17.2. The topological polar surface area (TPSA) is 47.3 Å². The van der Waals surface area contributed by atoms with Crippen LogP contribution in [0.2, 0.25) is 0 Å². The van der Waals surface area contributed by atoms with E-state index in [4.69, 9.17) is 10.5 Å². The van der Waals surface area contributed by atoms with Gasteiger partial charge < -0.3 is 15.8 Å². The molecule has 0 heterocycles. The van der Waals surface area contributed by atoms with Gasteiger partial charge in [0, 0.05) is 12.2 Å². The molecule has 0 fully saturated rings. The lowest BCUT2D eigenvalue weighted by Gasteiger charge is -2.12. The number of nitrogens with one attached hydrogen (secondary N) is 1. The molecule has 3 heteroatoms. The van der Waals surface area contributed by atoms with Gasteiger partial charge in [-0.1, -0.05) is 37.6 Å². The number of rotatable bonds is 8. The Labute approximate surface area is 139 Å². The molecule has 2 aromatic carbocycles.